The van der Waals surface area contributed by atoms with Crippen molar-refractivity contribution in [3.63, 3.8) is 0 Å². The zero-order valence-electron chi connectivity index (χ0n) is 4.39. The van der Waals surface area contributed by atoms with E-state index in [2.05, 4.69) is 14.2 Å². The van der Waals surface area contributed by atoms with Gasteiger partial charge in [-0.15, -0.1) is 0 Å². The Bertz CT molecular complexity index is 140. The highest BCUT2D eigenvalue weighted by molar-refractivity contribution is 7.74. The Kier molecular flexibility index (Phi) is 5.14. The lowest BCUT2D eigenvalue weighted by Crippen LogP contribution is -1.99. The third-order valence-electron chi connectivity index (χ3n) is 0.434. The normalized spacial score (nSPS) is 12.1. The van der Waals surface area contributed by atoms with Gasteiger partial charge in [-0.05, 0) is 5.53 Å². The van der Waals surface area contributed by atoms with Crippen LogP contribution < -0.4 is 0 Å². The minimum absolute atomic E-state index is 0.0322. The molecule has 0 fully saturated rings. The molecule has 7 heteroatoms. The second-order valence-electron chi connectivity index (χ2n) is 0.981. The van der Waals surface area contributed by atoms with Gasteiger partial charge >= 0.3 is 0 Å². The van der Waals surface area contributed by atoms with Gasteiger partial charge in [0.25, 0.3) is 0 Å². The SMILES string of the molecule is [N-]=[N+]=NCCOS(=O)[O-]. The predicted octanol–water partition coefficient (Wildman–Crippen LogP) is 0.107. The number of rotatable bonds is 4. The second kappa shape index (κ2) is 5.52. The molecule has 0 aliphatic rings. The van der Waals surface area contributed by atoms with E-state index in [-0.39, 0.29) is 13.2 Å². The molecule has 0 aromatic rings. The average molecular weight is 150 g/mol. The molecule has 0 aromatic heterocycles. The number of azide groups is 1. The summed E-state index contributed by atoms with van der Waals surface area (Å²) in [6.07, 6.45) is 0. The Hall–Kier alpha value is -0.620. The Morgan fingerprint density at radius 1 is 1.89 bits per heavy atom. The summed E-state index contributed by atoms with van der Waals surface area (Å²) in [6.45, 7) is -0.0648. The summed E-state index contributed by atoms with van der Waals surface area (Å²) < 4.78 is 23.2. The van der Waals surface area contributed by atoms with Crippen LogP contribution in [0.2, 0.25) is 0 Å². The van der Waals surface area contributed by atoms with Gasteiger partial charge in [0.05, 0.1) is 24.5 Å². The van der Waals surface area contributed by atoms with Crippen LogP contribution in [0.15, 0.2) is 5.11 Å². The topological polar surface area (TPSA) is 98.1 Å². The highest BCUT2D eigenvalue weighted by Crippen LogP contribution is 1.78. The quantitative estimate of drug-likeness (QED) is 0.187. The van der Waals surface area contributed by atoms with E-state index in [9.17, 15) is 8.76 Å². The first kappa shape index (κ1) is 8.38. The molecule has 0 saturated carbocycles. The largest absolute Gasteiger partial charge is 0.750 e. The minimum Gasteiger partial charge on any atom is -0.750 e. The Balaban J connectivity index is 3.10. The lowest BCUT2D eigenvalue weighted by molar-refractivity contribution is 0.309. The predicted molar refractivity (Wildman–Crippen MR) is 28.9 cm³/mol. The van der Waals surface area contributed by atoms with Gasteiger partial charge in [-0.3, -0.25) is 0 Å². The van der Waals surface area contributed by atoms with Gasteiger partial charge in [-0.2, -0.15) is 0 Å². The highest BCUT2D eigenvalue weighted by atomic mass is 32.2. The number of hydrogen-bond donors (Lipinski definition) is 0. The van der Waals surface area contributed by atoms with E-state index < -0.39 is 11.4 Å². The lowest BCUT2D eigenvalue weighted by atomic mass is 10.8. The maximum absolute atomic E-state index is 9.61. The Morgan fingerprint density at radius 3 is 3.00 bits per heavy atom. The van der Waals surface area contributed by atoms with Gasteiger partial charge in [0.15, 0.2) is 0 Å². The van der Waals surface area contributed by atoms with E-state index in [4.69, 9.17) is 5.53 Å². The first-order chi connectivity index (χ1) is 4.27. The molecule has 0 aliphatic heterocycles. The Labute approximate surface area is 53.9 Å². The van der Waals surface area contributed by atoms with Crippen LogP contribution in [0.3, 0.4) is 0 Å². The summed E-state index contributed by atoms with van der Waals surface area (Å²) in [7, 11) is 0. The first-order valence-corrected chi connectivity index (χ1v) is 3.00. The van der Waals surface area contributed by atoms with Gasteiger partial charge in [0.1, 0.15) is 0 Å². The van der Waals surface area contributed by atoms with Crippen molar-refractivity contribution in [2.24, 2.45) is 5.11 Å². The fourth-order valence-electron chi connectivity index (χ4n) is 0.191. The minimum atomic E-state index is -2.50. The third kappa shape index (κ3) is 7.38. The molecule has 52 valence electrons. The van der Waals surface area contributed by atoms with Gasteiger partial charge in [-0.25, -0.2) is 4.21 Å². The summed E-state index contributed by atoms with van der Waals surface area (Å²) in [4.78, 5) is 2.38. The van der Waals surface area contributed by atoms with E-state index in [0.29, 0.717) is 0 Å². The number of hydrogen-bond acceptors (Lipinski definition) is 4. The monoisotopic (exact) mass is 150 g/mol. The van der Waals surface area contributed by atoms with E-state index in [1.807, 2.05) is 0 Å². The molecule has 0 bridgehead atoms. The van der Waals surface area contributed by atoms with Crippen LogP contribution in [0.1, 0.15) is 0 Å². The van der Waals surface area contributed by atoms with Crippen molar-refractivity contribution in [2.45, 2.75) is 0 Å². The van der Waals surface area contributed by atoms with Crippen LogP contribution in [-0.4, -0.2) is 21.9 Å². The van der Waals surface area contributed by atoms with E-state index in [1.165, 1.54) is 0 Å². The van der Waals surface area contributed by atoms with E-state index >= 15 is 0 Å². The van der Waals surface area contributed by atoms with Gasteiger partial charge < -0.3 is 8.74 Å². The van der Waals surface area contributed by atoms with Gasteiger partial charge in [0, 0.05) is 4.91 Å². The van der Waals surface area contributed by atoms with Crippen molar-refractivity contribution < 1.29 is 12.9 Å². The van der Waals surface area contributed by atoms with Crippen LogP contribution in [0.5, 0.6) is 0 Å². The molecule has 6 nitrogen and oxygen atoms in total. The molecule has 0 heterocycles. The van der Waals surface area contributed by atoms with Crippen LogP contribution in [-0.2, 0) is 15.5 Å². The van der Waals surface area contributed by atoms with Crippen LogP contribution in [0, 0.1) is 0 Å². The third-order valence-corrected chi connectivity index (χ3v) is 0.793. The summed E-state index contributed by atoms with van der Waals surface area (Å²) >= 11 is -2.50. The molecular weight excluding hydrogens is 146 g/mol. The van der Waals surface area contributed by atoms with E-state index in [1.54, 1.807) is 0 Å². The molecule has 0 rings (SSSR count). The number of nitrogens with zero attached hydrogens (tertiary/aromatic N) is 3. The fourth-order valence-corrected chi connectivity index (χ4v) is 0.401. The van der Waals surface area contributed by atoms with Crippen molar-refractivity contribution in [3.8, 4) is 0 Å². The molecule has 0 aromatic carbocycles. The maximum atomic E-state index is 9.61. The molecule has 0 saturated heterocycles. The van der Waals surface area contributed by atoms with Crippen molar-refractivity contribution in [2.75, 3.05) is 13.2 Å². The molecule has 0 radical (unpaired) electrons. The molecule has 1 atom stereocenters. The van der Waals surface area contributed by atoms with Crippen LogP contribution in [0.4, 0.5) is 0 Å². The van der Waals surface area contributed by atoms with Crippen molar-refractivity contribution in [3.05, 3.63) is 10.4 Å². The lowest BCUT2D eigenvalue weighted by Gasteiger charge is -2.01. The Morgan fingerprint density at radius 2 is 2.56 bits per heavy atom. The molecule has 0 amide bonds. The molecule has 1 unspecified atom stereocenters. The maximum Gasteiger partial charge on any atom is 0.0842 e. The zero-order valence-corrected chi connectivity index (χ0v) is 5.21. The second-order valence-corrected chi connectivity index (χ2v) is 1.62. The average Bonchev–Trinajstić information content (AvgIpc) is 1.80. The standard InChI is InChI=1S/C2H5N3O3S/c3-5-4-1-2-8-9(6)7/h1-2H2,(H,6,7)/p-1. The van der Waals surface area contributed by atoms with E-state index in [0.717, 1.165) is 0 Å². The summed E-state index contributed by atoms with van der Waals surface area (Å²) in [5, 5.41) is 3.03. The molecule has 0 spiro atoms. The first-order valence-electron chi connectivity index (χ1n) is 2.00. The van der Waals surface area contributed by atoms with Crippen molar-refractivity contribution in [1.29, 1.82) is 0 Å². The van der Waals surface area contributed by atoms with Crippen molar-refractivity contribution in [1.82, 2.24) is 0 Å². The summed E-state index contributed by atoms with van der Waals surface area (Å²) in [5.74, 6) is 0. The fraction of sp³-hybridized carbons (Fsp3) is 1.00. The smallest absolute Gasteiger partial charge is 0.0842 e. The molecule has 0 N–H and O–H groups in total. The zero-order chi connectivity index (χ0) is 7.11. The van der Waals surface area contributed by atoms with Crippen LogP contribution >= 0.6 is 0 Å². The summed E-state index contributed by atoms with van der Waals surface area (Å²) in [6, 6.07) is 0. The molecule has 9 heavy (non-hydrogen) atoms. The van der Waals surface area contributed by atoms with Gasteiger partial charge in [0.2, 0.25) is 0 Å². The van der Waals surface area contributed by atoms with Gasteiger partial charge in [-0.1, -0.05) is 5.11 Å². The molecular formula is C2H4N3O3S-. The summed E-state index contributed by atoms with van der Waals surface area (Å²) in [5.41, 5.74) is 7.68. The van der Waals surface area contributed by atoms with Crippen LogP contribution in [0.25, 0.3) is 10.4 Å². The molecule has 0 aliphatic carbocycles. The highest BCUT2D eigenvalue weighted by Gasteiger charge is 1.81. The van der Waals surface area contributed by atoms with Crippen molar-refractivity contribution >= 4 is 11.4 Å².